The first-order chi connectivity index (χ1) is 11.9. The monoisotopic (exact) mass is 342 g/mol. The molecule has 0 radical (unpaired) electrons. The van der Waals surface area contributed by atoms with Gasteiger partial charge in [0.05, 0.1) is 12.7 Å². The predicted octanol–water partition coefficient (Wildman–Crippen LogP) is 2.70. The van der Waals surface area contributed by atoms with Crippen molar-refractivity contribution in [2.75, 3.05) is 7.11 Å². The summed E-state index contributed by atoms with van der Waals surface area (Å²) >= 11 is 0. The molecule has 1 atom stereocenters. The fourth-order valence-corrected chi connectivity index (χ4v) is 3.15. The van der Waals surface area contributed by atoms with Crippen molar-refractivity contribution in [2.45, 2.75) is 32.7 Å². The molecule has 1 aliphatic carbocycles. The highest BCUT2D eigenvalue weighted by Gasteiger charge is 2.37. The van der Waals surface area contributed by atoms with E-state index in [9.17, 15) is 14.7 Å². The highest BCUT2D eigenvalue weighted by atomic mass is 16.5. The summed E-state index contributed by atoms with van der Waals surface area (Å²) in [7, 11) is 1.61. The second-order valence-corrected chi connectivity index (χ2v) is 6.45. The molecule has 1 unspecified atom stereocenters. The van der Waals surface area contributed by atoms with Crippen LogP contribution in [0.25, 0.3) is 5.69 Å². The number of ether oxygens (including phenoxy) is 1. The van der Waals surface area contributed by atoms with E-state index in [2.05, 4.69) is 5.32 Å². The number of hydrogen-bond acceptors (Lipinski definition) is 3. The zero-order chi connectivity index (χ0) is 18.1. The van der Waals surface area contributed by atoms with E-state index < -0.39 is 12.0 Å². The van der Waals surface area contributed by atoms with E-state index in [4.69, 9.17) is 4.74 Å². The van der Waals surface area contributed by atoms with Gasteiger partial charge in [-0.1, -0.05) is 0 Å². The Morgan fingerprint density at radius 1 is 1.24 bits per heavy atom. The average Bonchev–Trinajstić information content (AvgIpc) is 3.38. The second kappa shape index (κ2) is 6.63. The van der Waals surface area contributed by atoms with E-state index in [-0.39, 0.29) is 11.8 Å². The largest absolute Gasteiger partial charge is 0.497 e. The van der Waals surface area contributed by atoms with Crippen LogP contribution in [0.3, 0.4) is 0 Å². The fourth-order valence-electron chi connectivity index (χ4n) is 3.15. The number of carbonyl (C=O) groups excluding carboxylic acids is 1. The lowest BCUT2D eigenvalue weighted by Crippen LogP contribution is -2.42. The summed E-state index contributed by atoms with van der Waals surface area (Å²) < 4.78 is 7.15. The Balaban J connectivity index is 1.87. The minimum atomic E-state index is -0.972. The van der Waals surface area contributed by atoms with Gasteiger partial charge in [0.1, 0.15) is 11.8 Å². The average molecular weight is 342 g/mol. The van der Waals surface area contributed by atoms with Gasteiger partial charge in [-0.25, -0.2) is 4.79 Å². The van der Waals surface area contributed by atoms with E-state index in [1.54, 1.807) is 13.2 Å². The molecule has 6 heteroatoms. The minimum absolute atomic E-state index is 0.0477. The number of carboxylic acids is 1. The van der Waals surface area contributed by atoms with Crippen molar-refractivity contribution in [3.63, 3.8) is 0 Å². The van der Waals surface area contributed by atoms with Crippen LogP contribution in [0.1, 0.15) is 34.6 Å². The van der Waals surface area contributed by atoms with Crippen LogP contribution in [0.5, 0.6) is 5.75 Å². The van der Waals surface area contributed by atoms with Gasteiger partial charge in [0, 0.05) is 17.1 Å². The molecule has 25 heavy (non-hydrogen) atoms. The number of aliphatic carboxylic acids is 1. The minimum Gasteiger partial charge on any atom is -0.497 e. The summed E-state index contributed by atoms with van der Waals surface area (Å²) in [5, 5.41) is 12.0. The van der Waals surface area contributed by atoms with Crippen LogP contribution < -0.4 is 10.1 Å². The number of amides is 1. The molecule has 3 rings (SSSR count). The van der Waals surface area contributed by atoms with Crippen molar-refractivity contribution < 1.29 is 19.4 Å². The molecule has 1 aromatic carbocycles. The molecule has 0 aliphatic heterocycles. The van der Waals surface area contributed by atoms with Crippen molar-refractivity contribution in [3.05, 3.63) is 47.3 Å². The fraction of sp³-hybridized carbons (Fsp3) is 0.368. The van der Waals surface area contributed by atoms with Gasteiger partial charge >= 0.3 is 5.97 Å². The topological polar surface area (TPSA) is 80.6 Å². The standard InChI is InChI=1S/C19H22N2O4/c1-11-10-16(18(22)20-17(19(23)24)13-4-5-13)12(2)21(11)14-6-8-15(25-3)9-7-14/h6-10,13,17H,4-5H2,1-3H3,(H,20,22)(H,23,24). The quantitative estimate of drug-likeness (QED) is 0.846. The van der Waals surface area contributed by atoms with E-state index in [1.165, 1.54) is 0 Å². The first kappa shape index (κ1) is 17.1. The number of rotatable bonds is 6. The van der Waals surface area contributed by atoms with E-state index in [0.717, 1.165) is 35.7 Å². The number of aryl methyl sites for hydroxylation is 1. The van der Waals surface area contributed by atoms with Gasteiger partial charge in [-0.2, -0.15) is 0 Å². The molecule has 1 amide bonds. The van der Waals surface area contributed by atoms with Crippen LogP contribution in [0.15, 0.2) is 30.3 Å². The second-order valence-electron chi connectivity index (χ2n) is 6.45. The van der Waals surface area contributed by atoms with Crippen LogP contribution in [0.4, 0.5) is 0 Å². The molecule has 0 spiro atoms. The van der Waals surface area contributed by atoms with Crippen molar-refractivity contribution in [2.24, 2.45) is 5.92 Å². The zero-order valence-electron chi connectivity index (χ0n) is 14.6. The summed E-state index contributed by atoms with van der Waals surface area (Å²) in [5.41, 5.74) is 3.11. The molecule has 2 N–H and O–H groups in total. The van der Waals surface area contributed by atoms with E-state index >= 15 is 0 Å². The summed E-state index contributed by atoms with van der Waals surface area (Å²) in [6, 6.07) is 8.55. The van der Waals surface area contributed by atoms with Crippen LogP contribution in [-0.4, -0.2) is 34.7 Å². The van der Waals surface area contributed by atoms with Gasteiger partial charge < -0.3 is 19.7 Å². The Morgan fingerprint density at radius 2 is 1.88 bits per heavy atom. The van der Waals surface area contributed by atoms with Crippen molar-refractivity contribution in [1.29, 1.82) is 0 Å². The Hall–Kier alpha value is -2.76. The number of hydrogen-bond donors (Lipinski definition) is 2. The number of nitrogens with zero attached hydrogens (tertiary/aromatic N) is 1. The Labute approximate surface area is 146 Å². The number of carbonyl (C=O) groups is 2. The van der Waals surface area contributed by atoms with Gasteiger partial charge in [-0.3, -0.25) is 4.79 Å². The smallest absolute Gasteiger partial charge is 0.326 e. The Kier molecular flexibility index (Phi) is 4.53. The van der Waals surface area contributed by atoms with Gasteiger partial charge in [0.25, 0.3) is 5.91 Å². The van der Waals surface area contributed by atoms with Crippen molar-refractivity contribution in [3.8, 4) is 11.4 Å². The number of methoxy groups -OCH3 is 1. The van der Waals surface area contributed by atoms with Crippen LogP contribution in [-0.2, 0) is 4.79 Å². The van der Waals surface area contributed by atoms with Crippen LogP contribution in [0, 0.1) is 19.8 Å². The van der Waals surface area contributed by atoms with Gasteiger partial charge in [0.15, 0.2) is 0 Å². The molecule has 2 aromatic rings. The third kappa shape index (κ3) is 3.38. The highest BCUT2D eigenvalue weighted by molar-refractivity contribution is 5.98. The third-order valence-electron chi connectivity index (χ3n) is 4.65. The molecular weight excluding hydrogens is 320 g/mol. The number of carboxylic acid groups (broad SMARTS) is 1. The molecular formula is C19H22N2O4. The normalized spacial score (nSPS) is 14.8. The maximum absolute atomic E-state index is 12.6. The van der Waals surface area contributed by atoms with Crippen molar-refractivity contribution >= 4 is 11.9 Å². The molecule has 132 valence electrons. The summed E-state index contributed by atoms with van der Waals surface area (Å²) in [4.78, 5) is 24.0. The highest BCUT2D eigenvalue weighted by Crippen LogP contribution is 2.33. The predicted molar refractivity (Wildman–Crippen MR) is 93.4 cm³/mol. The van der Waals surface area contributed by atoms with Crippen molar-refractivity contribution in [1.82, 2.24) is 9.88 Å². The number of aromatic nitrogens is 1. The lowest BCUT2D eigenvalue weighted by molar-refractivity contribution is -0.139. The molecule has 1 aromatic heterocycles. The SMILES string of the molecule is COc1ccc(-n2c(C)cc(C(=O)NC(C(=O)O)C3CC3)c2C)cc1. The lowest BCUT2D eigenvalue weighted by Gasteiger charge is -2.14. The molecule has 1 saturated carbocycles. The molecule has 0 bridgehead atoms. The van der Waals surface area contributed by atoms with E-state index in [0.29, 0.717) is 5.56 Å². The number of nitrogens with one attached hydrogen (secondary N) is 1. The van der Waals surface area contributed by atoms with Crippen LogP contribution >= 0.6 is 0 Å². The zero-order valence-corrected chi connectivity index (χ0v) is 14.6. The first-order valence-electron chi connectivity index (χ1n) is 8.29. The Morgan fingerprint density at radius 3 is 2.40 bits per heavy atom. The Bertz CT molecular complexity index is 804. The third-order valence-corrected chi connectivity index (χ3v) is 4.65. The summed E-state index contributed by atoms with van der Waals surface area (Å²) in [6.45, 7) is 3.78. The molecule has 1 fully saturated rings. The first-order valence-corrected chi connectivity index (χ1v) is 8.29. The maximum Gasteiger partial charge on any atom is 0.326 e. The van der Waals surface area contributed by atoms with Gasteiger partial charge in [-0.05, 0) is 62.9 Å². The number of benzene rings is 1. The summed E-state index contributed by atoms with van der Waals surface area (Å²) in [6.07, 6.45) is 1.70. The summed E-state index contributed by atoms with van der Waals surface area (Å²) in [5.74, 6) is -0.503. The van der Waals surface area contributed by atoms with E-state index in [1.807, 2.05) is 42.7 Å². The van der Waals surface area contributed by atoms with Crippen LogP contribution in [0.2, 0.25) is 0 Å². The maximum atomic E-state index is 12.6. The molecule has 1 aliphatic rings. The van der Waals surface area contributed by atoms with Gasteiger partial charge in [0.2, 0.25) is 0 Å². The molecule has 0 saturated heterocycles. The molecule has 6 nitrogen and oxygen atoms in total. The molecule has 1 heterocycles. The van der Waals surface area contributed by atoms with Gasteiger partial charge in [-0.15, -0.1) is 0 Å². The lowest BCUT2D eigenvalue weighted by atomic mass is 10.1.